The number of ether oxygens (including phenoxy) is 1. The first kappa shape index (κ1) is 15.0. The zero-order chi connectivity index (χ0) is 15.6. The van der Waals surface area contributed by atoms with Crippen LogP contribution in [0, 0.1) is 0 Å². The molecule has 2 aromatic rings. The second kappa shape index (κ2) is 5.56. The smallest absolute Gasteiger partial charge is 0.337 e. The van der Waals surface area contributed by atoms with Gasteiger partial charge in [0, 0.05) is 5.56 Å². The molecule has 0 saturated heterocycles. The summed E-state index contributed by atoms with van der Waals surface area (Å²) in [6.07, 6.45) is 0.657. The van der Waals surface area contributed by atoms with E-state index in [-0.39, 0.29) is 11.2 Å². The van der Waals surface area contributed by atoms with Gasteiger partial charge in [-0.15, -0.1) is 0 Å². The van der Waals surface area contributed by atoms with Gasteiger partial charge in [-0.1, -0.05) is 26.8 Å². The van der Waals surface area contributed by atoms with Crippen molar-refractivity contribution in [1.82, 2.24) is 0 Å². The Morgan fingerprint density at radius 1 is 1.19 bits per heavy atom. The zero-order valence-corrected chi connectivity index (χ0v) is 12.6. The first-order chi connectivity index (χ1) is 9.86. The molecular weight excluding hydrogens is 268 g/mol. The van der Waals surface area contributed by atoms with Crippen LogP contribution < -0.4 is 0 Å². The van der Waals surface area contributed by atoms with Crippen LogP contribution in [0.4, 0.5) is 0 Å². The fourth-order valence-electron chi connectivity index (χ4n) is 2.21. The SMILES string of the molecule is COC(=O)c1ccc(C(C)(C)C)c(-c2ccc(C=O)o2)c1. The van der Waals surface area contributed by atoms with Gasteiger partial charge in [-0.25, -0.2) is 4.79 Å². The van der Waals surface area contributed by atoms with Crippen LogP contribution in [0.25, 0.3) is 11.3 Å². The average Bonchev–Trinajstić information content (AvgIpc) is 2.93. The van der Waals surface area contributed by atoms with Gasteiger partial charge in [0.05, 0.1) is 12.7 Å². The van der Waals surface area contributed by atoms with Crippen molar-refractivity contribution in [3.05, 3.63) is 47.2 Å². The molecule has 0 spiro atoms. The van der Waals surface area contributed by atoms with Crippen molar-refractivity contribution in [3.8, 4) is 11.3 Å². The molecule has 0 aliphatic carbocycles. The maximum atomic E-state index is 11.7. The Bertz CT molecular complexity index is 674. The van der Waals surface area contributed by atoms with E-state index in [1.807, 2.05) is 6.07 Å². The summed E-state index contributed by atoms with van der Waals surface area (Å²) >= 11 is 0. The van der Waals surface area contributed by atoms with Gasteiger partial charge >= 0.3 is 5.97 Å². The molecule has 0 aliphatic rings. The first-order valence-corrected chi connectivity index (χ1v) is 6.65. The molecule has 21 heavy (non-hydrogen) atoms. The minimum absolute atomic E-state index is 0.127. The van der Waals surface area contributed by atoms with Crippen LogP contribution in [0.15, 0.2) is 34.7 Å². The summed E-state index contributed by atoms with van der Waals surface area (Å²) in [4.78, 5) is 22.5. The molecule has 0 bridgehead atoms. The molecule has 0 saturated carbocycles. The number of hydrogen-bond acceptors (Lipinski definition) is 4. The van der Waals surface area contributed by atoms with E-state index in [0.717, 1.165) is 11.1 Å². The molecule has 4 nitrogen and oxygen atoms in total. The summed E-state index contributed by atoms with van der Waals surface area (Å²) in [5, 5.41) is 0. The van der Waals surface area contributed by atoms with Crippen LogP contribution in [0.1, 0.15) is 47.2 Å². The van der Waals surface area contributed by atoms with Crippen LogP contribution >= 0.6 is 0 Å². The predicted molar refractivity (Wildman–Crippen MR) is 79.6 cm³/mol. The number of carbonyl (C=O) groups excluding carboxylic acids is 2. The van der Waals surface area contributed by atoms with Crippen molar-refractivity contribution in [1.29, 1.82) is 0 Å². The topological polar surface area (TPSA) is 56.5 Å². The van der Waals surface area contributed by atoms with Crippen molar-refractivity contribution < 1.29 is 18.7 Å². The van der Waals surface area contributed by atoms with E-state index >= 15 is 0 Å². The lowest BCUT2D eigenvalue weighted by Gasteiger charge is -2.22. The van der Waals surface area contributed by atoms with Gasteiger partial charge in [0.1, 0.15) is 5.76 Å². The van der Waals surface area contributed by atoms with E-state index in [9.17, 15) is 9.59 Å². The lowest BCUT2D eigenvalue weighted by atomic mass is 9.82. The standard InChI is InChI=1S/C17H18O4/c1-17(2,3)14-7-5-11(16(19)20-4)9-13(14)15-8-6-12(10-18)21-15/h5-10H,1-4H3. The van der Waals surface area contributed by atoms with Crippen LogP contribution in [0.3, 0.4) is 0 Å². The Morgan fingerprint density at radius 3 is 2.43 bits per heavy atom. The second-order valence-electron chi connectivity index (χ2n) is 5.82. The van der Waals surface area contributed by atoms with E-state index in [0.29, 0.717) is 17.6 Å². The number of methoxy groups -OCH3 is 1. The van der Waals surface area contributed by atoms with Gasteiger partial charge in [-0.2, -0.15) is 0 Å². The Kier molecular flexibility index (Phi) is 3.98. The van der Waals surface area contributed by atoms with E-state index in [2.05, 4.69) is 20.8 Å². The normalized spacial score (nSPS) is 11.2. The van der Waals surface area contributed by atoms with Crippen LogP contribution in [0.5, 0.6) is 0 Å². The molecule has 0 atom stereocenters. The molecule has 1 aromatic heterocycles. The number of aldehydes is 1. The highest BCUT2D eigenvalue weighted by molar-refractivity contribution is 5.91. The summed E-state index contributed by atoms with van der Waals surface area (Å²) in [5.41, 5.74) is 2.14. The zero-order valence-electron chi connectivity index (χ0n) is 12.6. The van der Waals surface area contributed by atoms with E-state index in [1.165, 1.54) is 7.11 Å². The molecular formula is C17H18O4. The van der Waals surface area contributed by atoms with Gasteiger partial charge in [-0.05, 0) is 35.2 Å². The first-order valence-electron chi connectivity index (χ1n) is 6.65. The molecule has 0 fully saturated rings. The third-order valence-electron chi connectivity index (χ3n) is 3.26. The third kappa shape index (κ3) is 3.05. The highest BCUT2D eigenvalue weighted by Gasteiger charge is 2.22. The van der Waals surface area contributed by atoms with Crippen molar-refractivity contribution in [2.24, 2.45) is 0 Å². The average molecular weight is 286 g/mol. The number of rotatable bonds is 3. The fraction of sp³-hybridized carbons (Fsp3) is 0.294. The number of furan rings is 1. The molecule has 0 N–H and O–H groups in total. The molecule has 0 aliphatic heterocycles. The number of esters is 1. The van der Waals surface area contributed by atoms with Crippen molar-refractivity contribution in [2.45, 2.75) is 26.2 Å². The largest absolute Gasteiger partial charge is 0.465 e. The Labute approximate surface area is 123 Å². The molecule has 110 valence electrons. The Hall–Kier alpha value is -2.36. The Balaban J connectivity index is 2.63. The molecule has 2 rings (SSSR count). The summed E-state index contributed by atoms with van der Waals surface area (Å²) in [7, 11) is 1.34. The van der Waals surface area contributed by atoms with Crippen LogP contribution in [0.2, 0.25) is 0 Å². The van der Waals surface area contributed by atoms with Gasteiger partial charge in [0.2, 0.25) is 0 Å². The monoisotopic (exact) mass is 286 g/mol. The van der Waals surface area contributed by atoms with Gasteiger partial charge < -0.3 is 9.15 Å². The predicted octanol–water partition coefficient (Wildman–Crippen LogP) is 3.84. The molecule has 1 heterocycles. The highest BCUT2D eigenvalue weighted by atomic mass is 16.5. The lowest BCUT2D eigenvalue weighted by Crippen LogP contribution is -2.13. The molecule has 0 radical (unpaired) electrons. The van der Waals surface area contributed by atoms with E-state index in [4.69, 9.17) is 9.15 Å². The van der Waals surface area contributed by atoms with E-state index < -0.39 is 5.97 Å². The number of hydrogen-bond donors (Lipinski definition) is 0. The van der Waals surface area contributed by atoms with Crippen molar-refractivity contribution in [2.75, 3.05) is 7.11 Å². The van der Waals surface area contributed by atoms with Crippen molar-refractivity contribution >= 4 is 12.3 Å². The van der Waals surface area contributed by atoms with E-state index in [1.54, 1.807) is 24.3 Å². The third-order valence-corrected chi connectivity index (χ3v) is 3.26. The van der Waals surface area contributed by atoms with Crippen LogP contribution in [-0.2, 0) is 10.2 Å². The second-order valence-corrected chi connectivity index (χ2v) is 5.82. The summed E-state index contributed by atoms with van der Waals surface area (Å²) in [6.45, 7) is 6.23. The quantitative estimate of drug-likeness (QED) is 0.635. The highest BCUT2D eigenvalue weighted by Crippen LogP contribution is 2.34. The Morgan fingerprint density at radius 2 is 1.90 bits per heavy atom. The molecule has 0 amide bonds. The maximum Gasteiger partial charge on any atom is 0.337 e. The molecule has 4 heteroatoms. The van der Waals surface area contributed by atoms with Gasteiger partial charge in [-0.3, -0.25) is 4.79 Å². The molecule has 0 unspecified atom stereocenters. The minimum Gasteiger partial charge on any atom is -0.465 e. The van der Waals surface area contributed by atoms with Crippen molar-refractivity contribution in [3.63, 3.8) is 0 Å². The van der Waals surface area contributed by atoms with Gasteiger partial charge in [0.25, 0.3) is 0 Å². The maximum absolute atomic E-state index is 11.7. The summed E-state index contributed by atoms with van der Waals surface area (Å²) in [5.74, 6) is 0.417. The molecule has 1 aromatic carbocycles. The minimum atomic E-state index is -0.404. The summed E-state index contributed by atoms with van der Waals surface area (Å²) < 4.78 is 10.3. The fourth-order valence-corrected chi connectivity index (χ4v) is 2.21. The van der Waals surface area contributed by atoms with Gasteiger partial charge in [0.15, 0.2) is 12.0 Å². The summed E-state index contributed by atoms with van der Waals surface area (Å²) in [6, 6.07) is 8.71. The number of carbonyl (C=O) groups is 2. The lowest BCUT2D eigenvalue weighted by molar-refractivity contribution is 0.0600. The van der Waals surface area contributed by atoms with Crippen LogP contribution in [-0.4, -0.2) is 19.4 Å². The number of benzene rings is 1.